The van der Waals surface area contributed by atoms with Crippen LogP contribution in [0, 0.1) is 13.8 Å². The van der Waals surface area contributed by atoms with Crippen molar-refractivity contribution < 1.29 is 13.2 Å². The number of fused-ring (bicyclic) bond motifs is 1. The quantitative estimate of drug-likeness (QED) is 0.498. The van der Waals surface area contributed by atoms with Crippen LogP contribution in [0.5, 0.6) is 0 Å². The lowest BCUT2D eigenvalue weighted by Gasteiger charge is -2.35. The lowest BCUT2D eigenvalue weighted by atomic mass is 9.98. The van der Waals surface area contributed by atoms with Gasteiger partial charge < -0.3 is 9.80 Å². The number of carbonyl (C=O) groups excluding carboxylic acids is 1. The van der Waals surface area contributed by atoms with Gasteiger partial charge in [-0.25, -0.2) is 13.4 Å². The van der Waals surface area contributed by atoms with Gasteiger partial charge in [0.15, 0.2) is 5.65 Å². The van der Waals surface area contributed by atoms with E-state index in [1.807, 2.05) is 17.5 Å². The molecular formula is C26H33ClN6O3S. The van der Waals surface area contributed by atoms with Crippen LogP contribution in [0.25, 0.3) is 5.65 Å². The molecule has 1 atom stereocenters. The minimum atomic E-state index is -3.58. The zero-order valence-electron chi connectivity index (χ0n) is 21.5. The minimum absolute atomic E-state index is 0.219. The highest BCUT2D eigenvalue weighted by Gasteiger charge is 2.33. The number of hydrogen-bond acceptors (Lipinski definition) is 6. The molecule has 11 heteroatoms. The topological polar surface area (TPSA) is 99.9 Å². The maximum absolute atomic E-state index is 13.9. The van der Waals surface area contributed by atoms with E-state index in [2.05, 4.69) is 16.5 Å². The number of amides is 1. The van der Waals surface area contributed by atoms with Crippen molar-refractivity contribution in [3.05, 3.63) is 51.8 Å². The molecule has 37 heavy (non-hydrogen) atoms. The van der Waals surface area contributed by atoms with Crippen LogP contribution >= 0.6 is 11.6 Å². The molecule has 198 valence electrons. The predicted octanol–water partition coefficient (Wildman–Crippen LogP) is 4.73. The first-order valence-electron chi connectivity index (χ1n) is 12.8. The van der Waals surface area contributed by atoms with Crippen molar-refractivity contribution >= 4 is 44.7 Å². The third-order valence-corrected chi connectivity index (χ3v) is 8.16. The summed E-state index contributed by atoms with van der Waals surface area (Å²) in [6, 6.07) is 6.36. The van der Waals surface area contributed by atoms with Crippen LogP contribution < -0.4 is 9.62 Å². The molecule has 4 heterocycles. The molecule has 2 aliphatic heterocycles. The van der Waals surface area contributed by atoms with Gasteiger partial charge in [0.2, 0.25) is 10.0 Å². The molecule has 0 aliphatic carbocycles. The number of likely N-dealkylation sites (tertiary alicyclic amines) is 1. The van der Waals surface area contributed by atoms with E-state index in [1.165, 1.54) is 18.6 Å². The van der Waals surface area contributed by atoms with E-state index in [4.69, 9.17) is 21.7 Å². The minimum Gasteiger partial charge on any atom is -0.356 e. The van der Waals surface area contributed by atoms with Crippen LogP contribution in [-0.2, 0) is 10.0 Å². The lowest BCUT2D eigenvalue weighted by Crippen LogP contribution is -2.39. The molecule has 1 N–H and O–H groups in total. The van der Waals surface area contributed by atoms with Crippen LogP contribution in [0.2, 0.25) is 5.02 Å². The Balaban J connectivity index is 1.55. The fourth-order valence-electron chi connectivity index (χ4n) is 5.46. The number of benzene rings is 1. The molecule has 0 radical (unpaired) electrons. The third kappa shape index (κ3) is 5.27. The normalized spacial score (nSPS) is 18.9. The molecule has 0 unspecified atom stereocenters. The van der Waals surface area contributed by atoms with Crippen molar-refractivity contribution in [2.24, 2.45) is 0 Å². The second-order valence-corrected chi connectivity index (χ2v) is 12.3. The first-order valence-corrected chi connectivity index (χ1v) is 15.1. The van der Waals surface area contributed by atoms with E-state index in [0.717, 1.165) is 79.9 Å². The molecule has 0 spiro atoms. The maximum atomic E-state index is 13.9. The van der Waals surface area contributed by atoms with Gasteiger partial charge in [0.1, 0.15) is 5.82 Å². The number of aromatic nitrogens is 3. The Morgan fingerprint density at radius 2 is 1.78 bits per heavy atom. The number of sulfonamides is 1. The molecule has 2 aromatic heterocycles. The Morgan fingerprint density at radius 3 is 2.51 bits per heavy atom. The number of anilines is 2. The second kappa shape index (κ2) is 10.1. The average Bonchev–Trinajstić information content (AvgIpc) is 3.28. The smallest absolute Gasteiger partial charge is 0.256 e. The number of halogens is 1. The molecule has 1 aromatic carbocycles. The van der Waals surface area contributed by atoms with Crippen LogP contribution in [0.4, 0.5) is 11.5 Å². The number of aryl methyl sites for hydroxylation is 1. The molecule has 3 aromatic rings. The van der Waals surface area contributed by atoms with Gasteiger partial charge in [-0.1, -0.05) is 11.6 Å². The second-order valence-electron chi connectivity index (χ2n) is 10.1. The Kier molecular flexibility index (Phi) is 7.06. The molecular weight excluding hydrogens is 512 g/mol. The number of nitrogens with one attached hydrogen (secondary N) is 1. The predicted molar refractivity (Wildman–Crippen MR) is 146 cm³/mol. The molecule has 5 rings (SSSR count). The zero-order valence-corrected chi connectivity index (χ0v) is 23.1. The number of rotatable bonds is 5. The summed E-state index contributed by atoms with van der Waals surface area (Å²) in [6.45, 7) is 6.66. The fraction of sp³-hybridized carbons (Fsp3) is 0.500. The largest absolute Gasteiger partial charge is 0.356 e. The van der Waals surface area contributed by atoms with Gasteiger partial charge in [-0.2, -0.15) is 9.61 Å². The monoisotopic (exact) mass is 544 g/mol. The van der Waals surface area contributed by atoms with Crippen LogP contribution in [-0.4, -0.2) is 59.7 Å². The van der Waals surface area contributed by atoms with E-state index >= 15 is 0 Å². The van der Waals surface area contributed by atoms with Crippen LogP contribution in [0.1, 0.15) is 71.9 Å². The maximum Gasteiger partial charge on any atom is 0.256 e. The SMILES string of the molecule is Cc1nc2cc([C@@H]3CCCCN3C(=O)c3cc(Cl)ccc3NS(C)(=O)=O)nn2c(N2CCCCC2)c1C. The standard InChI is InChI=1S/C26H33ClN6O3S/c1-17-18(2)28-24-16-22(29-33(24)25(17)31-12-6-4-7-13-31)23-9-5-8-14-32(23)26(34)20-15-19(27)10-11-21(20)30-37(3,35)36/h10-11,15-16,23,30H,4-9,12-14H2,1-3H3/t23-/m0/s1. The fourth-order valence-corrected chi connectivity index (χ4v) is 6.21. The highest BCUT2D eigenvalue weighted by atomic mass is 35.5. The van der Waals surface area contributed by atoms with Gasteiger partial charge in [-0.15, -0.1) is 0 Å². The molecule has 2 aliphatic rings. The molecule has 1 amide bonds. The summed E-state index contributed by atoms with van der Waals surface area (Å²) in [5, 5.41) is 5.39. The summed E-state index contributed by atoms with van der Waals surface area (Å²) < 4.78 is 28.3. The van der Waals surface area contributed by atoms with Gasteiger partial charge in [-0.05, 0) is 70.6 Å². The summed E-state index contributed by atoms with van der Waals surface area (Å²) in [5.74, 6) is 0.809. The highest BCUT2D eigenvalue weighted by molar-refractivity contribution is 7.92. The van der Waals surface area contributed by atoms with Gasteiger partial charge >= 0.3 is 0 Å². The van der Waals surface area contributed by atoms with Gasteiger partial charge in [0, 0.05) is 42.0 Å². The summed E-state index contributed by atoms with van der Waals surface area (Å²) >= 11 is 6.22. The summed E-state index contributed by atoms with van der Waals surface area (Å²) in [4.78, 5) is 22.9. The molecule has 0 bridgehead atoms. The lowest BCUT2D eigenvalue weighted by molar-refractivity contribution is 0.0607. The summed E-state index contributed by atoms with van der Waals surface area (Å²) in [6.07, 6.45) is 7.22. The number of hydrogen-bond donors (Lipinski definition) is 1. The number of piperidine rings is 2. The van der Waals surface area contributed by atoms with E-state index < -0.39 is 10.0 Å². The highest BCUT2D eigenvalue weighted by Crippen LogP contribution is 2.35. The molecule has 2 fully saturated rings. The third-order valence-electron chi connectivity index (χ3n) is 7.34. The van der Waals surface area contributed by atoms with Crippen molar-refractivity contribution in [2.45, 2.75) is 58.4 Å². The Bertz CT molecular complexity index is 1450. The number of nitrogens with zero attached hydrogens (tertiary/aromatic N) is 5. The summed E-state index contributed by atoms with van der Waals surface area (Å²) in [5.41, 5.74) is 4.12. The first kappa shape index (κ1) is 25.8. The van der Waals surface area contributed by atoms with Gasteiger partial charge in [-0.3, -0.25) is 9.52 Å². The Labute approximate surface area is 222 Å². The van der Waals surface area contributed by atoms with E-state index in [0.29, 0.717) is 11.6 Å². The van der Waals surface area contributed by atoms with Crippen LogP contribution in [0.15, 0.2) is 24.3 Å². The van der Waals surface area contributed by atoms with Crippen molar-refractivity contribution in [3.8, 4) is 0 Å². The number of carbonyl (C=O) groups is 1. The van der Waals surface area contributed by atoms with Gasteiger partial charge in [0.05, 0.1) is 29.2 Å². The average molecular weight is 545 g/mol. The van der Waals surface area contributed by atoms with Crippen molar-refractivity contribution in [1.82, 2.24) is 19.5 Å². The molecule has 2 saturated heterocycles. The Hall–Kier alpha value is -2.85. The van der Waals surface area contributed by atoms with Crippen molar-refractivity contribution in [2.75, 3.05) is 35.5 Å². The van der Waals surface area contributed by atoms with E-state index in [1.54, 1.807) is 11.0 Å². The van der Waals surface area contributed by atoms with Crippen molar-refractivity contribution in [3.63, 3.8) is 0 Å². The first-order chi connectivity index (χ1) is 17.6. The summed E-state index contributed by atoms with van der Waals surface area (Å²) in [7, 11) is -3.58. The van der Waals surface area contributed by atoms with E-state index in [9.17, 15) is 13.2 Å². The van der Waals surface area contributed by atoms with Crippen LogP contribution in [0.3, 0.4) is 0 Å². The van der Waals surface area contributed by atoms with Gasteiger partial charge in [0.25, 0.3) is 5.91 Å². The van der Waals surface area contributed by atoms with E-state index in [-0.39, 0.29) is 23.2 Å². The molecule has 9 nitrogen and oxygen atoms in total. The molecule has 0 saturated carbocycles. The Morgan fingerprint density at radius 1 is 1.05 bits per heavy atom. The zero-order chi connectivity index (χ0) is 26.3. The van der Waals surface area contributed by atoms with Crippen molar-refractivity contribution in [1.29, 1.82) is 0 Å².